The van der Waals surface area contributed by atoms with E-state index in [0.717, 1.165) is 5.56 Å². The fourth-order valence-corrected chi connectivity index (χ4v) is 1.14. The first kappa shape index (κ1) is 10.2. The Morgan fingerprint density at radius 2 is 2.31 bits per heavy atom. The van der Waals surface area contributed by atoms with Gasteiger partial charge in [-0.15, -0.1) is 0 Å². The maximum Gasteiger partial charge on any atom is 0.0883 e. The van der Waals surface area contributed by atoms with E-state index in [1.165, 1.54) is 0 Å². The molecule has 0 amide bonds. The zero-order chi connectivity index (χ0) is 10.1. The van der Waals surface area contributed by atoms with Crippen LogP contribution in [0.5, 0.6) is 0 Å². The highest BCUT2D eigenvalue weighted by Crippen LogP contribution is 2.31. The molecule has 1 atom stereocenters. The molecule has 0 radical (unpaired) electrons. The van der Waals surface area contributed by atoms with Gasteiger partial charge in [0.2, 0.25) is 0 Å². The first-order valence-corrected chi connectivity index (χ1v) is 4.34. The van der Waals surface area contributed by atoms with E-state index in [9.17, 15) is 5.11 Å². The molecule has 1 unspecified atom stereocenters. The molecule has 1 aromatic heterocycles. The zero-order valence-electron chi connectivity index (χ0n) is 8.36. The van der Waals surface area contributed by atoms with Gasteiger partial charge in [0.05, 0.1) is 12.3 Å². The lowest BCUT2D eigenvalue weighted by molar-refractivity contribution is 0.0554. The normalized spacial score (nSPS) is 14.5. The molecule has 3 N–H and O–H groups in total. The van der Waals surface area contributed by atoms with Crippen molar-refractivity contribution < 1.29 is 5.11 Å². The molecule has 1 heterocycles. The summed E-state index contributed by atoms with van der Waals surface area (Å²) in [5.41, 5.74) is 6.08. The van der Waals surface area contributed by atoms with E-state index >= 15 is 0 Å². The van der Waals surface area contributed by atoms with Gasteiger partial charge in [-0.2, -0.15) is 5.10 Å². The molecule has 74 valence electrons. The van der Waals surface area contributed by atoms with E-state index in [1.807, 2.05) is 27.1 Å². The number of rotatable bonds is 3. The lowest BCUT2D eigenvalue weighted by Gasteiger charge is -2.27. The third-order valence-corrected chi connectivity index (χ3v) is 2.31. The van der Waals surface area contributed by atoms with Crippen molar-refractivity contribution in [1.29, 1.82) is 0 Å². The van der Waals surface area contributed by atoms with Gasteiger partial charge in [0.25, 0.3) is 0 Å². The van der Waals surface area contributed by atoms with Gasteiger partial charge in [0.1, 0.15) is 0 Å². The van der Waals surface area contributed by atoms with Crippen LogP contribution in [-0.4, -0.2) is 21.4 Å². The smallest absolute Gasteiger partial charge is 0.0883 e. The first-order valence-electron chi connectivity index (χ1n) is 4.34. The SMILES string of the molecule is Cn1cc(C(O)C(C)(C)CN)cn1. The van der Waals surface area contributed by atoms with Crippen LogP contribution in [0.4, 0.5) is 0 Å². The van der Waals surface area contributed by atoms with Crippen LogP contribution in [0.15, 0.2) is 12.4 Å². The standard InChI is InChI=1S/C9H17N3O/c1-9(2,6-10)8(13)7-4-11-12(3)5-7/h4-5,8,13H,6,10H2,1-3H3. The topological polar surface area (TPSA) is 64.1 Å². The number of hydrogen-bond acceptors (Lipinski definition) is 3. The summed E-state index contributed by atoms with van der Waals surface area (Å²) in [6.07, 6.45) is 2.93. The van der Waals surface area contributed by atoms with E-state index in [2.05, 4.69) is 5.10 Å². The summed E-state index contributed by atoms with van der Waals surface area (Å²) >= 11 is 0. The third-order valence-electron chi connectivity index (χ3n) is 2.31. The Bertz CT molecular complexity index is 280. The largest absolute Gasteiger partial charge is 0.388 e. The van der Waals surface area contributed by atoms with E-state index in [4.69, 9.17) is 5.73 Å². The van der Waals surface area contributed by atoms with Gasteiger partial charge >= 0.3 is 0 Å². The summed E-state index contributed by atoms with van der Waals surface area (Å²) in [6.45, 7) is 4.32. The molecule has 0 aliphatic rings. The second-order valence-corrected chi connectivity index (χ2v) is 4.04. The number of nitrogens with zero attached hydrogens (tertiary/aromatic N) is 2. The molecule has 0 aromatic carbocycles. The van der Waals surface area contributed by atoms with Crippen LogP contribution in [0.2, 0.25) is 0 Å². The number of aliphatic hydroxyl groups excluding tert-OH is 1. The van der Waals surface area contributed by atoms with Crippen LogP contribution in [-0.2, 0) is 7.05 Å². The van der Waals surface area contributed by atoms with Gasteiger partial charge < -0.3 is 10.8 Å². The molecular formula is C9H17N3O. The van der Waals surface area contributed by atoms with Crippen LogP contribution in [0.25, 0.3) is 0 Å². The van der Waals surface area contributed by atoms with Crippen molar-refractivity contribution in [2.24, 2.45) is 18.2 Å². The molecule has 4 nitrogen and oxygen atoms in total. The summed E-state index contributed by atoms with van der Waals surface area (Å²) in [6, 6.07) is 0. The average Bonchev–Trinajstić information content (AvgIpc) is 2.50. The van der Waals surface area contributed by atoms with Gasteiger partial charge in [-0.25, -0.2) is 0 Å². The van der Waals surface area contributed by atoms with E-state index < -0.39 is 6.10 Å². The summed E-state index contributed by atoms with van der Waals surface area (Å²) in [7, 11) is 1.83. The molecule has 0 bridgehead atoms. The van der Waals surface area contributed by atoms with Crippen molar-refractivity contribution >= 4 is 0 Å². The van der Waals surface area contributed by atoms with Crippen molar-refractivity contribution in [3.8, 4) is 0 Å². The van der Waals surface area contributed by atoms with Crippen LogP contribution < -0.4 is 5.73 Å². The maximum atomic E-state index is 9.93. The van der Waals surface area contributed by atoms with Crippen molar-refractivity contribution in [3.63, 3.8) is 0 Å². The second kappa shape index (κ2) is 3.47. The Morgan fingerprint density at radius 3 is 2.69 bits per heavy atom. The summed E-state index contributed by atoms with van der Waals surface area (Å²) in [4.78, 5) is 0. The highest BCUT2D eigenvalue weighted by Gasteiger charge is 2.28. The van der Waals surface area contributed by atoms with Crippen LogP contribution in [0, 0.1) is 5.41 Å². The van der Waals surface area contributed by atoms with Crippen LogP contribution in [0.3, 0.4) is 0 Å². The predicted octanol–water partition coefficient (Wildman–Crippen LogP) is 0.438. The maximum absolute atomic E-state index is 9.93. The Morgan fingerprint density at radius 1 is 1.69 bits per heavy atom. The minimum atomic E-state index is -0.550. The summed E-state index contributed by atoms with van der Waals surface area (Å²) in [5.74, 6) is 0. The van der Waals surface area contributed by atoms with E-state index in [0.29, 0.717) is 6.54 Å². The Hall–Kier alpha value is -0.870. The molecule has 1 aromatic rings. The monoisotopic (exact) mass is 183 g/mol. The number of aromatic nitrogens is 2. The molecular weight excluding hydrogens is 166 g/mol. The Balaban J connectivity index is 2.84. The van der Waals surface area contributed by atoms with Crippen molar-refractivity contribution in [3.05, 3.63) is 18.0 Å². The van der Waals surface area contributed by atoms with Gasteiger partial charge in [0.15, 0.2) is 0 Å². The molecule has 13 heavy (non-hydrogen) atoms. The molecule has 4 heteroatoms. The first-order chi connectivity index (χ1) is 5.97. The van der Waals surface area contributed by atoms with Crippen LogP contribution in [0.1, 0.15) is 25.5 Å². The quantitative estimate of drug-likeness (QED) is 0.714. The second-order valence-electron chi connectivity index (χ2n) is 4.04. The summed E-state index contributed by atoms with van der Waals surface area (Å²) < 4.78 is 1.67. The third kappa shape index (κ3) is 2.08. The van der Waals surface area contributed by atoms with Crippen molar-refractivity contribution in [2.45, 2.75) is 20.0 Å². The fraction of sp³-hybridized carbons (Fsp3) is 0.667. The predicted molar refractivity (Wildman–Crippen MR) is 51.0 cm³/mol. The number of aryl methyl sites for hydroxylation is 1. The molecule has 1 rings (SSSR count). The molecule has 0 spiro atoms. The Kier molecular flexibility index (Phi) is 2.73. The number of nitrogens with two attached hydrogens (primary N) is 1. The van der Waals surface area contributed by atoms with Gasteiger partial charge in [-0.05, 0) is 0 Å². The van der Waals surface area contributed by atoms with Crippen molar-refractivity contribution in [1.82, 2.24) is 9.78 Å². The van der Waals surface area contributed by atoms with Gasteiger partial charge in [-0.3, -0.25) is 4.68 Å². The fourth-order valence-electron chi connectivity index (χ4n) is 1.14. The minimum Gasteiger partial charge on any atom is -0.388 e. The Labute approximate surface area is 78.4 Å². The van der Waals surface area contributed by atoms with Gasteiger partial charge in [-0.1, -0.05) is 13.8 Å². The highest BCUT2D eigenvalue weighted by molar-refractivity contribution is 5.11. The number of aliphatic hydroxyl groups is 1. The zero-order valence-corrected chi connectivity index (χ0v) is 8.36. The van der Waals surface area contributed by atoms with E-state index in [1.54, 1.807) is 10.9 Å². The number of hydrogen-bond donors (Lipinski definition) is 2. The van der Waals surface area contributed by atoms with Crippen LogP contribution >= 0.6 is 0 Å². The molecule has 0 saturated heterocycles. The lowest BCUT2D eigenvalue weighted by Crippen LogP contribution is -2.30. The average molecular weight is 183 g/mol. The van der Waals surface area contributed by atoms with Gasteiger partial charge in [0, 0.05) is 30.8 Å². The van der Waals surface area contributed by atoms with E-state index in [-0.39, 0.29) is 5.41 Å². The van der Waals surface area contributed by atoms with Crippen molar-refractivity contribution in [2.75, 3.05) is 6.54 Å². The highest BCUT2D eigenvalue weighted by atomic mass is 16.3. The molecule has 0 aliphatic heterocycles. The molecule has 0 aliphatic carbocycles. The molecule has 0 saturated carbocycles. The molecule has 0 fully saturated rings. The lowest BCUT2D eigenvalue weighted by atomic mass is 9.84. The summed E-state index contributed by atoms with van der Waals surface area (Å²) in [5, 5.41) is 13.9. The minimum absolute atomic E-state index is 0.303.